The van der Waals surface area contributed by atoms with Crippen molar-refractivity contribution in [1.29, 1.82) is 0 Å². The van der Waals surface area contributed by atoms with E-state index in [-0.39, 0.29) is 12.5 Å². The molecule has 88 valence electrons. The molecule has 0 saturated carbocycles. The number of carboxylic acids is 1. The fraction of sp³-hybridized carbons (Fsp3) is 0.417. The molecule has 1 atom stereocenters. The van der Waals surface area contributed by atoms with Crippen LogP contribution in [0, 0.1) is 6.92 Å². The summed E-state index contributed by atoms with van der Waals surface area (Å²) in [6.07, 6.45) is 0.480. The van der Waals surface area contributed by atoms with Crippen molar-refractivity contribution in [3.05, 3.63) is 29.3 Å². The maximum Gasteiger partial charge on any atom is 0.304 e. The number of aryl methyl sites for hydroxylation is 1. The molecule has 0 aliphatic rings. The summed E-state index contributed by atoms with van der Waals surface area (Å²) in [5, 5.41) is 8.63. The second-order valence-corrected chi connectivity index (χ2v) is 3.88. The maximum absolute atomic E-state index is 10.5. The molecule has 4 nitrogen and oxygen atoms in total. The zero-order valence-electron chi connectivity index (χ0n) is 9.56. The first-order valence-corrected chi connectivity index (χ1v) is 5.14. The summed E-state index contributed by atoms with van der Waals surface area (Å²) in [7, 11) is 1.59. The van der Waals surface area contributed by atoms with E-state index < -0.39 is 5.97 Å². The maximum atomic E-state index is 10.5. The molecule has 0 spiro atoms. The number of rotatable bonds is 5. The minimum absolute atomic E-state index is 0.0307. The molecule has 0 saturated heterocycles. The lowest BCUT2D eigenvalue weighted by Crippen LogP contribution is -2.26. The van der Waals surface area contributed by atoms with Gasteiger partial charge in [-0.1, -0.05) is 17.7 Å². The van der Waals surface area contributed by atoms with Crippen molar-refractivity contribution in [1.82, 2.24) is 0 Å². The molecule has 0 fully saturated rings. The monoisotopic (exact) mass is 223 g/mol. The molecule has 0 aromatic heterocycles. The molecule has 0 aliphatic carbocycles. The Labute approximate surface area is 95.0 Å². The predicted molar refractivity (Wildman–Crippen MR) is 61.7 cm³/mol. The van der Waals surface area contributed by atoms with Gasteiger partial charge in [-0.25, -0.2) is 0 Å². The summed E-state index contributed by atoms with van der Waals surface area (Å²) in [5.74, 6) is -0.120. The molecule has 16 heavy (non-hydrogen) atoms. The molecule has 1 rings (SSSR count). The second kappa shape index (κ2) is 5.51. The average molecular weight is 223 g/mol. The van der Waals surface area contributed by atoms with Crippen LogP contribution in [0.5, 0.6) is 5.75 Å². The Morgan fingerprint density at radius 3 is 2.81 bits per heavy atom. The Morgan fingerprint density at radius 1 is 1.56 bits per heavy atom. The topological polar surface area (TPSA) is 72.5 Å². The zero-order chi connectivity index (χ0) is 12.1. The van der Waals surface area contributed by atoms with Crippen LogP contribution in [0.1, 0.15) is 17.5 Å². The first-order chi connectivity index (χ1) is 7.52. The lowest BCUT2D eigenvalue weighted by molar-refractivity contribution is -0.137. The molecule has 1 aromatic rings. The summed E-state index contributed by atoms with van der Waals surface area (Å²) >= 11 is 0. The van der Waals surface area contributed by atoms with Gasteiger partial charge in [-0.2, -0.15) is 0 Å². The van der Waals surface area contributed by atoms with Crippen LogP contribution < -0.4 is 10.5 Å². The van der Waals surface area contributed by atoms with E-state index in [0.29, 0.717) is 6.42 Å². The number of hydrogen-bond donors (Lipinski definition) is 2. The van der Waals surface area contributed by atoms with Crippen LogP contribution in [-0.4, -0.2) is 24.2 Å². The van der Waals surface area contributed by atoms with Gasteiger partial charge in [-0.3, -0.25) is 4.79 Å². The smallest absolute Gasteiger partial charge is 0.304 e. The number of hydrogen-bond acceptors (Lipinski definition) is 3. The molecular weight excluding hydrogens is 206 g/mol. The van der Waals surface area contributed by atoms with E-state index >= 15 is 0 Å². The molecule has 0 bridgehead atoms. The van der Waals surface area contributed by atoms with Crippen molar-refractivity contribution in [2.45, 2.75) is 25.8 Å². The molecule has 1 unspecified atom stereocenters. The predicted octanol–water partition coefficient (Wildman–Crippen LogP) is 1.35. The van der Waals surface area contributed by atoms with Crippen LogP contribution in [-0.2, 0) is 11.2 Å². The molecule has 3 N–H and O–H groups in total. The van der Waals surface area contributed by atoms with Gasteiger partial charge in [0.05, 0.1) is 13.5 Å². The number of carbonyl (C=O) groups is 1. The molecular formula is C12H17NO3. The highest BCUT2D eigenvalue weighted by Crippen LogP contribution is 2.21. The first-order valence-electron chi connectivity index (χ1n) is 5.14. The number of ether oxygens (including phenoxy) is 1. The number of methoxy groups -OCH3 is 1. The number of benzene rings is 1. The standard InChI is InChI=1S/C12H17NO3/c1-8-3-4-11(16-2)9(5-8)6-10(13)7-12(14)15/h3-5,10H,6-7,13H2,1-2H3,(H,14,15). The minimum Gasteiger partial charge on any atom is -0.496 e. The molecule has 0 amide bonds. The summed E-state index contributed by atoms with van der Waals surface area (Å²) in [5.41, 5.74) is 7.81. The van der Waals surface area contributed by atoms with Crippen LogP contribution in [0.3, 0.4) is 0 Å². The first kappa shape index (κ1) is 12.5. The van der Waals surface area contributed by atoms with Crippen molar-refractivity contribution >= 4 is 5.97 Å². The Balaban J connectivity index is 2.78. The number of nitrogens with two attached hydrogens (primary N) is 1. The second-order valence-electron chi connectivity index (χ2n) is 3.88. The fourth-order valence-corrected chi connectivity index (χ4v) is 1.65. The average Bonchev–Trinajstić information content (AvgIpc) is 2.16. The Hall–Kier alpha value is -1.55. The number of carboxylic acid groups (broad SMARTS) is 1. The van der Waals surface area contributed by atoms with Crippen LogP contribution in [0.4, 0.5) is 0 Å². The molecule has 0 aliphatic heterocycles. The Kier molecular flexibility index (Phi) is 4.31. The van der Waals surface area contributed by atoms with E-state index in [1.54, 1.807) is 7.11 Å². The lowest BCUT2D eigenvalue weighted by atomic mass is 10.0. The van der Waals surface area contributed by atoms with Gasteiger partial charge in [0, 0.05) is 6.04 Å². The van der Waals surface area contributed by atoms with Crippen molar-refractivity contribution < 1.29 is 14.6 Å². The van der Waals surface area contributed by atoms with Gasteiger partial charge >= 0.3 is 5.97 Å². The van der Waals surface area contributed by atoms with Crippen molar-refractivity contribution in [2.75, 3.05) is 7.11 Å². The highest BCUT2D eigenvalue weighted by molar-refractivity contribution is 5.67. The van der Waals surface area contributed by atoms with Crippen LogP contribution >= 0.6 is 0 Å². The van der Waals surface area contributed by atoms with Crippen molar-refractivity contribution in [3.63, 3.8) is 0 Å². The lowest BCUT2D eigenvalue weighted by Gasteiger charge is -2.13. The van der Waals surface area contributed by atoms with Gasteiger partial charge in [-0.05, 0) is 25.0 Å². The van der Waals surface area contributed by atoms with Crippen molar-refractivity contribution in [2.24, 2.45) is 5.73 Å². The number of aliphatic carboxylic acids is 1. The minimum atomic E-state index is -0.876. The van der Waals surface area contributed by atoms with Gasteiger partial charge in [0.2, 0.25) is 0 Å². The van der Waals surface area contributed by atoms with Gasteiger partial charge in [-0.15, -0.1) is 0 Å². The van der Waals surface area contributed by atoms with Gasteiger partial charge in [0.25, 0.3) is 0 Å². The van der Waals surface area contributed by atoms with Crippen molar-refractivity contribution in [3.8, 4) is 5.75 Å². The normalized spacial score (nSPS) is 12.2. The third-order valence-corrected chi connectivity index (χ3v) is 2.35. The van der Waals surface area contributed by atoms with E-state index in [2.05, 4.69) is 0 Å². The Morgan fingerprint density at radius 2 is 2.25 bits per heavy atom. The van der Waals surface area contributed by atoms with E-state index in [1.807, 2.05) is 25.1 Å². The Bertz CT molecular complexity index is 377. The molecule has 1 aromatic carbocycles. The van der Waals surface area contributed by atoms with Gasteiger partial charge in [0.1, 0.15) is 5.75 Å². The zero-order valence-corrected chi connectivity index (χ0v) is 9.56. The third kappa shape index (κ3) is 3.55. The van der Waals surface area contributed by atoms with Crippen LogP contribution in [0.25, 0.3) is 0 Å². The van der Waals surface area contributed by atoms with Gasteiger partial charge < -0.3 is 15.6 Å². The van der Waals surface area contributed by atoms with Gasteiger partial charge in [0.15, 0.2) is 0 Å². The molecule has 0 radical (unpaired) electrons. The quantitative estimate of drug-likeness (QED) is 0.790. The summed E-state index contributed by atoms with van der Waals surface area (Å²) in [4.78, 5) is 10.5. The van der Waals surface area contributed by atoms with E-state index in [0.717, 1.165) is 16.9 Å². The third-order valence-electron chi connectivity index (χ3n) is 2.35. The van der Waals surface area contributed by atoms with E-state index in [4.69, 9.17) is 15.6 Å². The van der Waals surface area contributed by atoms with Crippen LogP contribution in [0.15, 0.2) is 18.2 Å². The largest absolute Gasteiger partial charge is 0.496 e. The SMILES string of the molecule is COc1ccc(C)cc1CC(N)CC(=O)O. The highest BCUT2D eigenvalue weighted by atomic mass is 16.5. The fourth-order valence-electron chi connectivity index (χ4n) is 1.65. The summed E-state index contributed by atoms with van der Waals surface area (Å²) in [6, 6.07) is 5.41. The molecule has 4 heteroatoms. The van der Waals surface area contributed by atoms with E-state index in [9.17, 15) is 4.79 Å². The van der Waals surface area contributed by atoms with E-state index in [1.165, 1.54) is 0 Å². The summed E-state index contributed by atoms with van der Waals surface area (Å²) in [6.45, 7) is 1.98. The highest BCUT2D eigenvalue weighted by Gasteiger charge is 2.12. The van der Waals surface area contributed by atoms with Crippen LogP contribution in [0.2, 0.25) is 0 Å². The molecule has 0 heterocycles. The summed E-state index contributed by atoms with van der Waals surface area (Å²) < 4.78 is 5.20.